The largest absolute Gasteiger partial charge is 0.365 e. The fourth-order valence-corrected chi connectivity index (χ4v) is 9.07. The van der Waals surface area contributed by atoms with Crippen molar-refractivity contribution in [2.45, 2.75) is 84.7 Å². The van der Waals surface area contributed by atoms with Crippen molar-refractivity contribution in [2.75, 3.05) is 20.4 Å². The van der Waals surface area contributed by atoms with Gasteiger partial charge in [0.05, 0.1) is 13.3 Å². The van der Waals surface area contributed by atoms with E-state index >= 15 is 0 Å². The van der Waals surface area contributed by atoms with Crippen molar-refractivity contribution in [1.29, 1.82) is 0 Å². The van der Waals surface area contributed by atoms with Gasteiger partial charge in [0, 0.05) is 17.5 Å². The Morgan fingerprint density at radius 2 is 1.94 bits per heavy atom. The lowest BCUT2D eigenvalue weighted by Gasteiger charge is -2.54. The van der Waals surface area contributed by atoms with Gasteiger partial charge in [-0.2, -0.15) is 0 Å². The predicted molar refractivity (Wildman–Crippen MR) is 124 cm³/mol. The Balaban J connectivity index is 1.47. The van der Waals surface area contributed by atoms with Crippen LogP contribution in [0, 0.1) is 34.0 Å². The lowest BCUT2D eigenvalue weighted by atomic mass is 9.51. The van der Waals surface area contributed by atoms with E-state index in [0.29, 0.717) is 29.2 Å². The van der Waals surface area contributed by atoms with Crippen LogP contribution in [0.1, 0.15) is 72.6 Å². The number of carbonyl (C=O) groups is 1. The highest BCUT2D eigenvalue weighted by molar-refractivity contribution is 5.47. The van der Waals surface area contributed by atoms with Crippen LogP contribution in [0.3, 0.4) is 0 Å². The van der Waals surface area contributed by atoms with Crippen molar-refractivity contribution in [2.24, 2.45) is 34.0 Å². The van der Waals surface area contributed by atoms with Crippen molar-refractivity contribution in [3.8, 4) is 0 Å². The maximum absolute atomic E-state index is 11.2. The molecule has 3 fully saturated rings. The molecule has 8 atom stereocenters. The van der Waals surface area contributed by atoms with E-state index in [1.54, 1.807) is 11.1 Å². The standard InChI is InChI=1S/C27H42N2O2/c1-18(28-16-30)21-11-13-27(4)23-8-7-22-19(14-20(23)10-12-26(21,27)3)6-9-24-25(22,2)15-31-17-29(24)5/h10,14,16,18,21-24H,6-9,11-13,15,17H2,1-5H3,(H,28,30)/t18-,21+,22+,23+,24-,25+,26+,27-/m0/s1. The molecule has 4 heteroatoms. The molecule has 0 spiro atoms. The molecule has 0 unspecified atom stereocenters. The summed E-state index contributed by atoms with van der Waals surface area (Å²) < 4.78 is 6.08. The van der Waals surface area contributed by atoms with Crippen molar-refractivity contribution in [3.63, 3.8) is 0 Å². The third-order valence-electron chi connectivity index (χ3n) is 11.0. The Morgan fingerprint density at radius 3 is 2.71 bits per heavy atom. The highest BCUT2D eigenvalue weighted by Gasteiger charge is 2.61. The molecule has 0 radical (unpaired) electrons. The first kappa shape index (κ1) is 21.7. The average Bonchev–Trinajstić information content (AvgIpc) is 2.87. The van der Waals surface area contributed by atoms with E-state index in [-0.39, 0.29) is 16.9 Å². The molecule has 31 heavy (non-hydrogen) atoms. The van der Waals surface area contributed by atoms with Gasteiger partial charge in [0.15, 0.2) is 0 Å². The first-order valence-electron chi connectivity index (χ1n) is 12.6. The number of carbonyl (C=O) groups excluding carboxylic acids is 1. The fourth-order valence-electron chi connectivity index (χ4n) is 9.07. The zero-order valence-corrected chi connectivity index (χ0v) is 20.2. The zero-order chi connectivity index (χ0) is 22.0. The molecule has 0 aromatic rings. The molecular formula is C27H42N2O2. The van der Waals surface area contributed by atoms with Crippen LogP contribution >= 0.6 is 0 Å². The SMILES string of the molecule is C[C@H](NC=O)[C@H]1CC[C@@]2(C)[C@@H]3CC[C@@H]4C(=CC3=CC[C@]12C)CC[C@@H]1N(C)COC[C@]41C. The smallest absolute Gasteiger partial charge is 0.207 e. The average molecular weight is 427 g/mol. The molecule has 1 aliphatic heterocycles. The van der Waals surface area contributed by atoms with Crippen LogP contribution in [-0.4, -0.2) is 43.8 Å². The minimum atomic E-state index is 0.232. The molecule has 0 aromatic heterocycles. The molecule has 5 aliphatic rings. The monoisotopic (exact) mass is 426 g/mol. The first-order chi connectivity index (χ1) is 14.7. The lowest BCUT2D eigenvalue weighted by molar-refractivity contribution is -0.143. The summed E-state index contributed by atoms with van der Waals surface area (Å²) in [6.07, 6.45) is 14.9. The van der Waals surface area contributed by atoms with Crippen molar-refractivity contribution >= 4 is 6.41 Å². The number of fused-ring (bicyclic) bond motifs is 6. The molecule has 4 aliphatic carbocycles. The third kappa shape index (κ3) is 2.96. The summed E-state index contributed by atoms with van der Waals surface area (Å²) in [5, 5.41) is 3.10. The van der Waals surface area contributed by atoms with E-state index in [9.17, 15) is 4.79 Å². The van der Waals surface area contributed by atoms with Gasteiger partial charge in [-0.25, -0.2) is 0 Å². The van der Waals surface area contributed by atoms with Crippen molar-refractivity contribution in [3.05, 3.63) is 23.3 Å². The van der Waals surface area contributed by atoms with Crippen molar-refractivity contribution in [1.82, 2.24) is 10.2 Å². The van der Waals surface area contributed by atoms with E-state index in [0.717, 1.165) is 26.2 Å². The number of amides is 1. The topological polar surface area (TPSA) is 41.6 Å². The van der Waals surface area contributed by atoms with Crippen LogP contribution in [0.2, 0.25) is 0 Å². The molecule has 4 nitrogen and oxygen atoms in total. The van der Waals surface area contributed by atoms with Crippen LogP contribution in [0.4, 0.5) is 0 Å². The van der Waals surface area contributed by atoms with Gasteiger partial charge in [-0.3, -0.25) is 9.69 Å². The van der Waals surface area contributed by atoms with Crippen LogP contribution < -0.4 is 5.32 Å². The van der Waals surface area contributed by atoms with Crippen LogP contribution in [0.25, 0.3) is 0 Å². The zero-order valence-electron chi connectivity index (χ0n) is 20.2. The number of rotatable bonds is 3. The summed E-state index contributed by atoms with van der Waals surface area (Å²) in [6, 6.07) is 0.894. The second kappa shape index (κ2) is 7.45. The van der Waals surface area contributed by atoms with Gasteiger partial charge < -0.3 is 10.1 Å². The molecule has 5 rings (SSSR count). The summed E-state index contributed by atoms with van der Waals surface area (Å²) in [5.41, 5.74) is 4.12. The normalized spacial score (nSPS) is 48.2. The van der Waals surface area contributed by atoms with Gasteiger partial charge in [0.1, 0.15) is 0 Å². The van der Waals surface area contributed by atoms with E-state index in [1.165, 1.54) is 38.5 Å². The molecule has 1 N–H and O–H groups in total. The number of allylic oxidation sites excluding steroid dienone is 4. The molecule has 1 saturated heterocycles. The number of ether oxygens (including phenoxy) is 1. The van der Waals surface area contributed by atoms with Gasteiger partial charge in [0.2, 0.25) is 6.41 Å². The molecule has 0 bridgehead atoms. The van der Waals surface area contributed by atoms with Crippen LogP contribution in [0.5, 0.6) is 0 Å². The lowest BCUT2D eigenvalue weighted by Crippen LogP contribution is -2.58. The van der Waals surface area contributed by atoms with Gasteiger partial charge >= 0.3 is 0 Å². The number of hydrogen-bond acceptors (Lipinski definition) is 3. The maximum atomic E-state index is 11.2. The first-order valence-corrected chi connectivity index (χ1v) is 12.6. The Morgan fingerprint density at radius 1 is 1.16 bits per heavy atom. The molecule has 172 valence electrons. The molecular weight excluding hydrogens is 384 g/mol. The quantitative estimate of drug-likeness (QED) is 0.652. The Bertz CT molecular complexity index is 805. The highest BCUT2D eigenvalue weighted by Crippen LogP contribution is 2.68. The minimum Gasteiger partial charge on any atom is -0.365 e. The van der Waals surface area contributed by atoms with Crippen LogP contribution in [0.15, 0.2) is 23.3 Å². The Labute approximate surface area is 188 Å². The summed E-state index contributed by atoms with van der Waals surface area (Å²) in [5.74, 6) is 1.84. The van der Waals surface area contributed by atoms with E-state index < -0.39 is 0 Å². The second-order valence-electron chi connectivity index (χ2n) is 12.2. The summed E-state index contributed by atoms with van der Waals surface area (Å²) >= 11 is 0. The van der Waals surface area contributed by atoms with E-state index in [4.69, 9.17) is 4.74 Å². The number of hydrogen-bond donors (Lipinski definition) is 1. The fraction of sp³-hybridized carbons (Fsp3) is 0.815. The second-order valence-corrected chi connectivity index (χ2v) is 12.2. The molecule has 0 aromatic carbocycles. The van der Waals surface area contributed by atoms with Gasteiger partial charge in [-0.15, -0.1) is 0 Å². The van der Waals surface area contributed by atoms with Crippen LogP contribution in [-0.2, 0) is 9.53 Å². The Hall–Kier alpha value is -1.13. The summed E-state index contributed by atoms with van der Waals surface area (Å²) in [6.45, 7) is 11.5. The molecule has 2 saturated carbocycles. The van der Waals surface area contributed by atoms with E-state index in [2.05, 4.69) is 57.1 Å². The highest BCUT2D eigenvalue weighted by atomic mass is 16.5. The Kier molecular flexibility index (Phi) is 5.21. The van der Waals surface area contributed by atoms with Gasteiger partial charge in [0.25, 0.3) is 0 Å². The summed E-state index contributed by atoms with van der Waals surface area (Å²) in [7, 11) is 2.25. The van der Waals surface area contributed by atoms with Crippen molar-refractivity contribution < 1.29 is 9.53 Å². The van der Waals surface area contributed by atoms with E-state index in [1.807, 2.05) is 0 Å². The maximum Gasteiger partial charge on any atom is 0.207 e. The third-order valence-corrected chi connectivity index (χ3v) is 11.0. The minimum absolute atomic E-state index is 0.232. The predicted octanol–water partition coefficient (Wildman–Crippen LogP) is 4.91. The summed E-state index contributed by atoms with van der Waals surface area (Å²) in [4.78, 5) is 13.6. The molecule has 1 heterocycles. The number of nitrogens with zero attached hydrogens (tertiary/aromatic N) is 1. The van der Waals surface area contributed by atoms with Gasteiger partial charge in [-0.05, 0) is 93.1 Å². The molecule has 1 amide bonds. The number of nitrogens with one attached hydrogen (secondary N) is 1. The van der Waals surface area contributed by atoms with Gasteiger partial charge in [-0.1, -0.05) is 38.5 Å².